The molecule has 0 radical (unpaired) electrons. The molecule has 0 amide bonds. The standard InChI is InChI=1S/C26H36O6/c1-15-11-18-19(24(3)8-5-17(29)13-21(15)24)6-9-25(4)20(18)7-10-26(25,22(30)14-27)32-23(31)12-16(2)28/h5,8,13,15-16,18-20,27-28H,6-7,9-12,14H2,1-4H3/t15-,16?,18+,19-,20-,24+,25-,26-/m0/s1. The van der Waals surface area contributed by atoms with Gasteiger partial charge in [0.05, 0.1) is 12.5 Å². The second kappa shape index (κ2) is 7.91. The number of carbonyl (C=O) groups is 3. The molecule has 0 spiro atoms. The third-order valence-corrected chi connectivity index (χ3v) is 9.34. The first-order valence-electron chi connectivity index (χ1n) is 12.0. The van der Waals surface area contributed by atoms with Crippen LogP contribution in [0.15, 0.2) is 23.8 Å². The second-order valence-electron chi connectivity index (χ2n) is 11.1. The summed E-state index contributed by atoms with van der Waals surface area (Å²) in [4.78, 5) is 37.8. The van der Waals surface area contributed by atoms with Gasteiger partial charge in [0.15, 0.2) is 11.4 Å². The molecule has 3 saturated carbocycles. The minimum atomic E-state index is -1.35. The average molecular weight is 445 g/mol. The molecule has 32 heavy (non-hydrogen) atoms. The van der Waals surface area contributed by atoms with Gasteiger partial charge in [0.25, 0.3) is 0 Å². The van der Waals surface area contributed by atoms with Crippen molar-refractivity contribution in [3.05, 3.63) is 23.8 Å². The minimum Gasteiger partial charge on any atom is -0.450 e. The lowest BCUT2D eigenvalue weighted by molar-refractivity contribution is -0.192. The summed E-state index contributed by atoms with van der Waals surface area (Å²) in [6.07, 6.45) is 8.27. The monoisotopic (exact) mass is 444 g/mol. The Hall–Kier alpha value is -1.79. The molecule has 0 aliphatic heterocycles. The first-order chi connectivity index (χ1) is 15.0. The Kier molecular flexibility index (Phi) is 5.78. The molecule has 6 heteroatoms. The molecule has 8 atom stereocenters. The fourth-order valence-corrected chi connectivity index (χ4v) is 7.90. The fraction of sp³-hybridized carbons (Fsp3) is 0.731. The van der Waals surface area contributed by atoms with E-state index >= 15 is 0 Å². The van der Waals surface area contributed by atoms with Gasteiger partial charge in [-0.05, 0) is 74.9 Å². The van der Waals surface area contributed by atoms with E-state index in [1.165, 1.54) is 12.5 Å². The Bertz CT molecular complexity index is 887. The number of hydrogen-bond donors (Lipinski definition) is 2. The van der Waals surface area contributed by atoms with E-state index in [4.69, 9.17) is 4.74 Å². The highest BCUT2D eigenvalue weighted by molar-refractivity contribution is 6.01. The topological polar surface area (TPSA) is 101 Å². The van der Waals surface area contributed by atoms with Crippen LogP contribution in [-0.2, 0) is 19.1 Å². The van der Waals surface area contributed by atoms with Gasteiger partial charge in [0.2, 0.25) is 5.78 Å². The largest absolute Gasteiger partial charge is 0.450 e. The van der Waals surface area contributed by atoms with Crippen molar-refractivity contribution in [3.8, 4) is 0 Å². The molecular formula is C26H36O6. The van der Waals surface area contributed by atoms with Gasteiger partial charge in [0, 0.05) is 10.8 Å². The van der Waals surface area contributed by atoms with Crippen LogP contribution in [0.25, 0.3) is 0 Å². The Morgan fingerprint density at radius 3 is 2.56 bits per heavy atom. The van der Waals surface area contributed by atoms with Crippen LogP contribution in [0.5, 0.6) is 0 Å². The lowest BCUT2D eigenvalue weighted by Crippen LogP contribution is -2.60. The van der Waals surface area contributed by atoms with E-state index in [0.717, 1.165) is 19.3 Å². The highest BCUT2D eigenvalue weighted by Crippen LogP contribution is 2.68. The predicted molar refractivity (Wildman–Crippen MR) is 118 cm³/mol. The maximum absolute atomic E-state index is 13.1. The molecule has 4 aliphatic carbocycles. The van der Waals surface area contributed by atoms with Crippen molar-refractivity contribution < 1.29 is 29.3 Å². The summed E-state index contributed by atoms with van der Waals surface area (Å²) in [5, 5.41) is 19.5. The van der Waals surface area contributed by atoms with Gasteiger partial charge >= 0.3 is 5.97 Å². The predicted octanol–water partition coefficient (Wildman–Crippen LogP) is 3.15. The Balaban J connectivity index is 1.70. The minimum absolute atomic E-state index is 0.0573. The number of ether oxygens (including phenoxy) is 1. The molecule has 0 heterocycles. The number of Topliss-reactive ketones (excluding diaryl/α,β-unsaturated/α-hetero) is 1. The van der Waals surface area contributed by atoms with Crippen molar-refractivity contribution in [2.24, 2.45) is 34.5 Å². The SMILES string of the molecule is CC(O)CC(=O)O[C@]1(C(=O)CO)CC[C@H]2[C@@H]3C[C@H](C)C4=CC(=O)C=C[C@]4(C)[C@H]3CC[C@@]21C. The number of ketones is 2. The second-order valence-corrected chi connectivity index (χ2v) is 11.1. The molecule has 0 aromatic carbocycles. The van der Waals surface area contributed by atoms with Gasteiger partial charge in [-0.25, -0.2) is 0 Å². The Morgan fingerprint density at radius 1 is 1.22 bits per heavy atom. The van der Waals surface area contributed by atoms with Crippen molar-refractivity contribution in [2.45, 2.75) is 77.9 Å². The van der Waals surface area contributed by atoms with Crippen LogP contribution >= 0.6 is 0 Å². The number of allylic oxidation sites excluding steroid dienone is 4. The van der Waals surface area contributed by atoms with E-state index in [1.54, 1.807) is 6.08 Å². The summed E-state index contributed by atoms with van der Waals surface area (Å²) in [5.41, 5.74) is -0.864. The molecule has 3 fully saturated rings. The molecule has 0 aromatic heterocycles. The van der Waals surface area contributed by atoms with E-state index in [9.17, 15) is 24.6 Å². The zero-order chi connectivity index (χ0) is 23.5. The average Bonchev–Trinajstić information content (AvgIpc) is 3.01. The Labute approximate surface area is 190 Å². The van der Waals surface area contributed by atoms with Crippen LogP contribution in [0, 0.1) is 34.5 Å². The van der Waals surface area contributed by atoms with Crippen molar-refractivity contribution in [3.63, 3.8) is 0 Å². The third-order valence-electron chi connectivity index (χ3n) is 9.34. The number of rotatable bonds is 5. The van der Waals surface area contributed by atoms with Gasteiger partial charge in [-0.15, -0.1) is 0 Å². The van der Waals surface area contributed by atoms with Crippen LogP contribution in [0.4, 0.5) is 0 Å². The lowest BCUT2D eigenvalue weighted by atomic mass is 9.45. The zero-order valence-corrected chi connectivity index (χ0v) is 19.6. The molecular weight excluding hydrogens is 408 g/mol. The number of aliphatic hydroxyl groups is 2. The Morgan fingerprint density at radius 2 is 1.91 bits per heavy atom. The van der Waals surface area contributed by atoms with Gasteiger partial charge in [0.1, 0.15) is 6.61 Å². The van der Waals surface area contributed by atoms with Crippen LogP contribution < -0.4 is 0 Å². The number of aliphatic hydroxyl groups excluding tert-OH is 2. The maximum atomic E-state index is 13.1. The lowest BCUT2D eigenvalue weighted by Gasteiger charge is -2.59. The van der Waals surface area contributed by atoms with Crippen LogP contribution in [-0.4, -0.2) is 46.1 Å². The molecule has 4 aliphatic rings. The maximum Gasteiger partial charge on any atom is 0.309 e. The van der Waals surface area contributed by atoms with Crippen molar-refractivity contribution in [2.75, 3.05) is 6.61 Å². The molecule has 4 rings (SSSR count). The van der Waals surface area contributed by atoms with Crippen molar-refractivity contribution >= 4 is 17.5 Å². The summed E-state index contributed by atoms with van der Waals surface area (Å²) in [6, 6.07) is 0. The molecule has 6 nitrogen and oxygen atoms in total. The van der Waals surface area contributed by atoms with E-state index in [1.807, 2.05) is 6.08 Å². The van der Waals surface area contributed by atoms with Crippen LogP contribution in [0.1, 0.15) is 66.2 Å². The quantitative estimate of drug-likeness (QED) is 0.632. The van der Waals surface area contributed by atoms with E-state index in [0.29, 0.717) is 24.7 Å². The zero-order valence-electron chi connectivity index (χ0n) is 19.6. The van der Waals surface area contributed by atoms with Gasteiger partial charge in [-0.1, -0.05) is 32.4 Å². The first kappa shape index (κ1) is 23.4. The van der Waals surface area contributed by atoms with Gasteiger partial charge in [-0.2, -0.15) is 0 Å². The van der Waals surface area contributed by atoms with E-state index in [2.05, 4.69) is 26.8 Å². The third kappa shape index (κ3) is 3.25. The van der Waals surface area contributed by atoms with E-state index in [-0.39, 0.29) is 29.5 Å². The van der Waals surface area contributed by atoms with E-state index < -0.39 is 35.5 Å². The smallest absolute Gasteiger partial charge is 0.309 e. The summed E-state index contributed by atoms with van der Waals surface area (Å²) in [7, 11) is 0. The normalized spacial score (nSPS) is 43.6. The van der Waals surface area contributed by atoms with Gasteiger partial charge in [-0.3, -0.25) is 14.4 Å². The summed E-state index contributed by atoms with van der Waals surface area (Å²) in [5.74, 6) is 0.184. The molecule has 0 saturated heterocycles. The number of carbonyl (C=O) groups excluding carboxylic acids is 3. The fourth-order valence-electron chi connectivity index (χ4n) is 7.90. The molecule has 0 bridgehead atoms. The highest BCUT2D eigenvalue weighted by atomic mass is 16.6. The van der Waals surface area contributed by atoms with Crippen LogP contribution in [0.2, 0.25) is 0 Å². The summed E-state index contributed by atoms with van der Waals surface area (Å²) < 4.78 is 5.91. The number of esters is 1. The van der Waals surface area contributed by atoms with Crippen LogP contribution in [0.3, 0.4) is 0 Å². The first-order valence-corrected chi connectivity index (χ1v) is 12.0. The summed E-state index contributed by atoms with van der Waals surface area (Å²) in [6.45, 7) is 7.33. The van der Waals surface area contributed by atoms with Gasteiger partial charge < -0.3 is 14.9 Å². The molecule has 1 unspecified atom stereocenters. The molecule has 176 valence electrons. The number of fused-ring (bicyclic) bond motifs is 5. The van der Waals surface area contributed by atoms with Crippen molar-refractivity contribution in [1.29, 1.82) is 0 Å². The summed E-state index contributed by atoms with van der Waals surface area (Å²) >= 11 is 0. The number of hydrogen-bond acceptors (Lipinski definition) is 6. The molecule has 0 aromatic rings. The van der Waals surface area contributed by atoms with Crippen molar-refractivity contribution in [1.82, 2.24) is 0 Å². The molecule has 2 N–H and O–H groups in total. The highest BCUT2D eigenvalue weighted by Gasteiger charge is 2.68.